The van der Waals surface area contributed by atoms with Crippen LogP contribution in [0.2, 0.25) is 0 Å². The molecule has 0 aliphatic rings. The normalized spacial score (nSPS) is 12.2. The topological polar surface area (TPSA) is 80.9 Å². The monoisotopic (exact) mass is 222 g/mol. The van der Waals surface area contributed by atoms with Gasteiger partial charge in [0, 0.05) is 12.6 Å². The third-order valence-corrected chi connectivity index (χ3v) is 2.39. The second kappa shape index (κ2) is 5.55. The van der Waals surface area contributed by atoms with Crippen molar-refractivity contribution in [1.82, 2.24) is 15.5 Å². The minimum Gasteiger partial charge on any atom is -0.350 e. The molecule has 0 aliphatic carbocycles. The summed E-state index contributed by atoms with van der Waals surface area (Å²) < 4.78 is 0. The van der Waals surface area contributed by atoms with E-state index in [1.807, 2.05) is 6.92 Å². The van der Waals surface area contributed by atoms with Gasteiger partial charge in [-0.2, -0.15) is 10.2 Å². The number of nitrogens with zero attached hydrogens (tertiary/aromatic N) is 2. The minimum atomic E-state index is -0.139. The average molecular weight is 222 g/mol. The van der Waals surface area contributed by atoms with Crippen molar-refractivity contribution in [2.45, 2.75) is 33.2 Å². The second-order valence-corrected chi connectivity index (χ2v) is 3.86. The van der Waals surface area contributed by atoms with Gasteiger partial charge in [0.25, 0.3) is 5.91 Å². The molecule has 1 atom stereocenters. The van der Waals surface area contributed by atoms with E-state index in [0.717, 1.165) is 12.1 Å². The minimum absolute atomic E-state index is 0.000138. The highest BCUT2D eigenvalue weighted by Crippen LogP contribution is 2.04. The van der Waals surface area contributed by atoms with Crippen LogP contribution in [-0.2, 0) is 0 Å². The Morgan fingerprint density at radius 1 is 1.50 bits per heavy atom. The van der Waals surface area contributed by atoms with Gasteiger partial charge in [-0.05, 0) is 26.3 Å². The largest absolute Gasteiger partial charge is 0.350 e. The van der Waals surface area contributed by atoms with Crippen molar-refractivity contribution in [1.29, 1.82) is 0 Å². The zero-order chi connectivity index (χ0) is 12.1. The van der Waals surface area contributed by atoms with E-state index in [4.69, 9.17) is 5.73 Å². The second-order valence-electron chi connectivity index (χ2n) is 3.86. The first-order valence-electron chi connectivity index (χ1n) is 5.39. The summed E-state index contributed by atoms with van der Waals surface area (Å²) in [6, 6.07) is 1.73. The van der Waals surface area contributed by atoms with Crippen molar-refractivity contribution >= 4 is 5.91 Å². The molecule has 3 N–H and O–H groups in total. The molecule has 1 aromatic heterocycles. The molecule has 0 fully saturated rings. The summed E-state index contributed by atoms with van der Waals surface area (Å²) in [5.74, 6) is -0.139. The molecule has 0 saturated carbocycles. The van der Waals surface area contributed by atoms with E-state index < -0.39 is 0 Å². The molecule has 5 nitrogen and oxygen atoms in total. The predicted octanol–water partition coefficient (Wildman–Crippen LogP) is 0.561. The Kier molecular flexibility index (Phi) is 4.37. The average Bonchev–Trinajstić information content (AvgIpc) is 2.28. The van der Waals surface area contributed by atoms with Gasteiger partial charge in [0.2, 0.25) is 0 Å². The summed E-state index contributed by atoms with van der Waals surface area (Å²) in [5, 5.41) is 10.6. The van der Waals surface area contributed by atoms with Crippen molar-refractivity contribution in [3.8, 4) is 0 Å². The SMILES string of the molecule is CCC(N)CNC(=O)c1cc(C)nnc1C. The quantitative estimate of drug-likeness (QED) is 0.780. The molecule has 0 spiro atoms. The molecule has 0 bridgehead atoms. The summed E-state index contributed by atoms with van der Waals surface area (Å²) in [7, 11) is 0. The number of aryl methyl sites for hydroxylation is 2. The molecule has 1 rings (SSSR count). The lowest BCUT2D eigenvalue weighted by Crippen LogP contribution is -2.37. The van der Waals surface area contributed by atoms with Gasteiger partial charge < -0.3 is 11.1 Å². The van der Waals surface area contributed by atoms with Crippen molar-refractivity contribution in [2.24, 2.45) is 5.73 Å². The van der Waals surface area contributed by atoms with Gasteiger partial charge in [-0.15, -0.1) is 0 Å². The van der Waals surface area contributed by atoms with Crippen LogP contribution in [0.25, 0.3) is 0 Å². The zero-order valence-corrected chi connectivity index (χ0v) is 9.95. The van der Waals surface area contributed by atoms with Gasteiger partial charge in [-0.1, -0.05) is 6.92 Å². The Hall–Kier alpha value is -1.49. The van der Waals surface area contributed by atoms with Crippen LogP contribution >= 0.6 is 0 Å². The van der Waals surface area contributed by atoms with Crippen LogP contribution in [0.1, 0.15) is 35.1 Å². The lowest BCUT2D eigenvalue weighted by molar-refractivity contribution is 0.0949. The molecule has 0 saturated heterocycles. The summed E-state index contributed by atoms with van der Waals surface area (Å²) in [6.07, 6.45) is 0.840. The fourth-order valence-corrected chi connectivity index (χ4v) is 1.24. The number of nitrogens with two attached hydrogens (primary N) is 1. The molecule has 1 unspecified atom stereocenters. The van der Waals surface area contributed by atoms with Gasteiger partial charge in [0.1, 0.15) is 0 Å². The number of nitrogens with one attached hydrogen (secondary N) is 1. The molecule has 5 heteroatoms. The van der Waals surface area contributed by atoms with Crippen LogP contribution in [0, 0.1) is 13.8 Å². The van der Waals surface area contributed by atoms with Gasteiger partial charge in [-0.3, -0.25) is 4.79 Å². The summed E-state index contributed by atoms with van der Waals surface area (Å²) in [5.41, 5.74) is 7.65. The Morgan fingerprint density at radius 3 is 2.81 bits per heavy atom. The van der Waals surface area contributed by atoms with Crippen LogP contribution in [0.5, 0.6) is 0 Å². The van der Waals surface area contributed by atoms with Crippen molar-refractivity contribution in [2.75, 3.05) is 6.54 Å². The van der Waals surface area contributed by atoms with E-state index in [9.17, 15) is 4.79 Å². The molecule has 0 aromatic carbocycles. The molecule has 1 amide bonds. The van der Waals surface area contributed by atoms with Crippen LogP contribution in [0.3, 0.4) is 0 Å². The molecule has 1 aromatic rings. The van der Waals surface area contributed by atoms with Gasteiger partial charge in [-0.25, -0.2) is 0 Å². The van der Waals surface area contributed by atoms with E-state index in [2.05, 4.69) is 15.5 Å². The van der Waals surface area contributed by atoms with E-state index >= 15 is 0 Å². The number of amides is 1. The number of rotatable bonds is 4. The Balaban J connectivity index is 2.69. The zero-order valence-electron chi connectivity index (χ0n) is 9.95. The maximum atomic E-state index is 11.8. The van der Waals surface area contributed by atoms with Crippen molar-refractivity contribution in [3.05, 3.63) is 23.0 Å². The molecular weight excluding hydrogens is 204 g/mol. The first kappa shape index (κ1) is 12.6. The highest BCUT2D eigenvalue weighted by Gasteiger charge is 2.11. The van der Waals surface area contributed by atoms with E-state index in [0.29, 0.717) is 17.8 Å². The predicted molar refractivity (Wildman–Crippen MR) is 62.1 cm³/mol. The van der Waals surface area contributed by atoms with Crippen LogP contribution < -0.4 is 11.1 Å². The summed E-state index contributed by atoms with van der Waals surface area (Å²) in [4.78, 5) is 11.8. The van der Waals surface area contributed by atoms with Crippen molar-refractivity contribution in [3.63, 3.8) is 0 Å². The van der Waals surface area contributed by atoms with Crippen LogP contribution in [-0.4, -0.2) is 28.7 Å². The highest BCUT2D eigenvalue weighted by atomic mass is 16.1. The molecule has 88 valence electrons. The molecule has 16 heavy (non-hydrogen) atoms. The molecular formula is C11H18N4O. The van der Waals surface area contributed by atoms with E-state index in [1.54, 1.807) is 19.9 Å². The lowest BCUT2D eigenvalue weighted by atomic mass is 10.1. The molecule has 0 radical (unpaired) electrons. The van der Waals surface area contributed by atoms with Gasteiger partial charge >= 0.3 is 0 Å². The Labute approximate surface area is 95.4 Å². The van der Waals surface area contributed by atoms with Crippen molar-refractivity contribution < 1.29 is 4.79 Å². The number of carbonyl (C=O) groups excluding carboxylic acids is 1. The van der Waals surface area contributed by atoms with E-state index in [1.165, 1.54) is 0 Å². The standard InChI is InChI=1S/C11H18N4O/c1-4-9(12)6-13-11(16)10-5-7(2)14-15-8(10)3/h5,9H,4,6,12H2,1-3H3,(H,13,16). The number of aromatic nitrogens is 2. The van der Waals surface area contributed by atoms with E-state index in [-0.39, 0.29) is 11.9 Å². The third kappa shape index (κ3) is 3.27. The molecule has 1 heterocycles. The van der Waals surface area contributed by atoms with Gasteiger partial charge in [0.15, 0.2) is 0 Å². The lowest BCUT2D eigenvalue weighted by Gasteiger charge is -2.11. The third-order valence-electron chi connectivity index (χ3n) is 2.39. The summed E-state index contributed by atoms with van der Waals surface area (Å²) in [6.45, 7) is 6.04. The fraction of sp³-hybridized carbons (Fsp3) is 0.545. The highest BCUT2D eigenvalue weighted by molar-refractivity contribution is 5.95. The van der Waals surface area contributed by atoms with Gasteiger partial charge in [0.05, 0.1) is 17.0 Å². The first-order valence-corrected chi connectivity index (χ1v) is 5.39. The fourth-order valence-electron chi connectivity index (χ4n) is 1.24. The molecule has 0 aliphatic heterocycles. The first-order chi connectivity index (χ1) is 7.54. The Bertz CT molecular complexity index is 378. The number of hydrogen-bond donors (Lipinski definition) is 2. The Morgan fingerprint density at radius 2 is 2.19 bits per heavy atom. The number of carbonyl (C=O) groups is 1. The maximum Gasteiger partial charge on any atom is 0.253 e. The van der Waals surface area contributed by atoms with Crippen LogP contribution in [0.15, 0.2) is 6.07 Å². The smallest absolute Gasteiger partial charge is 0.253 e. The summed E-state index contributed by atoms with van der Waals surface area (Å²) >= 11 is 0. The maximum absolute atomic E-state index is 11.8. The van der Waals surface area contributed by atoms with Crippen LogP contribution in [0.4, 0.5) is 0 Å². The number of hydrogen-bond acceptors (Lipinski definition) is 4.